The minimum Gasteiger partial charge on any atom is -0.508 e. The molecule has 1 aromatic heterocycles. The molecule has 2 aromatic rings. The van der Waals surface area contributed by atoms with Crippen LogP contribution in [0.25, 0.3) is 17.1 Å². The molecule has 0 aliphatic heterocycles. The van der Waals surface area contributed by atoms with Gasteiger partial charge in [-0.1, -0.05) is 0 Å². The summed E-state index contributed by atoms with van der Waals surface area (Å²) in [6.45, 7) is 0. The lowest BCUT2D eigenvalue weighted by Crippen LogP contribution is -2.65. The van der Waals surface area contributed by atoms with Crippen molar-refractivity contribution in [3.63, 3.8) is 0 Å². The smallest absolute Gasteiger partial charge is 0.255 e. The van der Waals surface area contributed by atoms with Crippen LogP contribution in [-0.2, 0) is 20.8 Å². The Morgan fingerprint density at radius 3 is 2.41 bits per heavy atom. The number of likely N-dealkylation sites (N-methyl/N-ethyl adjacent to an activating group) is 1. The lowest BCUT2D eigenvalue weighted by atomic mass is 9.57. The first kappa shape index (κ1) is 24.4. The Morgan fingerprint density at radius 2 is 1.81 bits per heavy atom. The summed E-state index contributed by atoms with van der Waals surface area (Å²) in [6, 6.07) is 1.94. The quantitative estimate of drug-likeness (QED) is 0.185. The van der Waals surface area contributed by atoms with Gasteiger partial charge in [0, 0.05) is 29.4 Å². The number of nitrogen functional groups attached to an aromatic ring is 1. The molecule has 0 spiro atoms. The summed E-state index contributed by atoms with van der Waals surface area (Å²) in [4.78, 5) is 49.0. The maximum atomic E-state index is 13.9. The van der Waals surface area contributed by atoms with Crippen LogP contribution in [0.4, 0.5) is 5.69 Å². The minimum absolute atomic E-state index is 0.0218. The van der Waals surface area contributed by atoms with Gasteiger partial charge >= 0.3 is 0 Å². The number of phenolic OH excluding ortho intramolecular Hbond substituents is 1. The molecule has 37 heavy (non-hydrogen) atoms. The average Bonchev–Trinajstić information content (AvgIpc) is 2.83. The van der Waals surface area contributed by atoms with Crippen LogP contribution >= 0.6 is 0 Å². The van der Waals surface area contributed by atoms with E-state index in [-0.39, 0.29) is 35.5 Å². The fourth-order valence-corrected chi connectivity index (χ4v) is 5.97. The molecule has 1 saturated carbocycles. The van der Waals surface area contributed by atoms with Crippen molar-refractivity contribution < 1.29 is 34.8 Å². The van der Waals surface area contributed by atoms with Crippen molar-refractivity contribution in [1.82, 2.24) is 14.9 Å². The highest BCUT2D eigenvalue weighted by Crippen LogP contribution is 2.54. The van der Waals surface area contributed by atoms with Crippen LogP contribution in [-0.4, -0.2) is 78.5 Å². The van der Waals surface area contributed by atoms with Crippen molar-refractivity contribution in [3.05, 3.63) is 52.6 Å². The van der Waals surface area contributed by atoms with E-state index in [9.17, 15) is 34.8 Å². The maximum absolute atomic E-state index is 13.9. The molecular weight excluding hydrogens is 482 g/mol. The molecule has 0 saturated heterocycles. The summed E-state index contributed by atoms with van der Waals surface area (Å²) in [5.41, 5.74) is 8.17. The second kappa shape index (κ2) is 8.11. The van der Waals surface area contributed by atoms with Crippen molar-refractivity contribution in [1.29, 1.82) is 0 Å². The summed E-state index contributed by atoms with van der Waals surface area (Å²) in [5.74, 6) is -7.02. The molecule has 0 bridgehead atoms. The highest BCUT2D eigenvalue weighted by Gasteiger charge is 2.64. The Balaban J connectivity index is 1.77. The number of nitrogens with two attached hydrogens (primary N) is 2. The van der Waals surface area contributed by atoms with E-state index in [1.165, 1.54) is 23.4 Å². The molecule has 1 fully saturated rings. The third-order valence-electron chi connectivity index (χ3n) is 7.56. The van der Waals surface area contributed by atoms with E-state index in [2.05, 4.69) is 9.97 Å². The molecule has 1 amide bonds. The number of aliphatic hydroxyl groups is 3. The van der Waals surface area contributed by atoms with Crippen LogP contribution in [0.5, 0.6) is 5.75 Å². The van der Waals surface area contributed by atoms with E-state index in [4.69, 9.17) is 11.5 Å². The fourth-order valence-electron chi connectivity index (χ4n) is 5.97. The number of primary amides is 1. The van der Waals surface area contributed by atoms with E-state index < -0.39 is 63.8 Å². The van der Waals surface area contributed by atoms with Crippen LogP contribution in [0.3, 0.4) is 0 Å². The first-order valence-corrected chi connectivity index (χ1v) is 11.5. The van der Waals surface area contributed by atoms with Crippen LogP contribution in [0.2, 0.25) is 0 Å². The van der Waals surface area contributed by atoms with Gasteiger partial charge in [-0.2, -0.15) is 0 Å². The molecule has 12 nitrogen and oxygen atoms in total. The van der Waals surface area contributed by atoms with Gasteiger partial charge in [0.05, 0.1) is 17.3 Å². The fraction of sp³-hybridized carbons (Fsp3) is 0.320. The first-order valence-electron chi connectivity index (χ1n) is 11.5. The molecule has 3 aliphatic rings. The molecule has 4 atom stereocenters. The Bertz CT molecular complexity index is 1450. The molecule has 4 unspecified atom stereocenters. The van der Waals surface area contributed by atoms with Gasteiger partial charge < -0.3 is 31.9 Å². The lowest BCUT2D eigenvalue weighted by Gasteiger charge is -2.50. The molecule has 3 aliphatic carbocycles. The summed E-state index contributed by atoms with van der Waals surface area (Å²) in [5, 5.41) is 44.6. The molecular formula is C25H25N5O7. The number of aromatic hydroxyl groups is 1. The van der Waals surface area contributed by atoms with Gasteiger partial charge in [0.15, 0.2) is 17.2 Å². The predicted octanol–water partition coefficient (Wildman–Crippen LogP) is 0.00320. The van der Waals surface area contributed by atoms with E-state index in [0.29, 0.717) is 11.1 Å². The second-order valence-corrected chi connectivity index (χ2v) is 9.75. The van der Waals surface area contributed by atoms with Gasteiger partial charge in [0.2, 0.25) is 5.78 Å². The summed E-state index contributed by atoms with van der Waals surface area (Å²) < 4.78 is 0. The first-order chi connectivity index (χ1) is 17.4. The summed E-state index contributed by atoms with van der Waals surface area (Å²) in [6.07, 6.45) is 3.13. The van der Waals surface area contributed by atoms with E-state index in [1.54, 1.807) is 20.2 Å². The van der Waals surface area contributed by atoms with Crippen LogP contribution in [0.1, 0.15) is 17.5 Å². The lowest BCUT2D eigenvalue weighted by molar-refractivity contribution is -0.153. The van der Waals surface area contributed by atoms with Gasteiger partial charge in [0.25, 0.3) is 5.91 Å². The molecule has 1 heterocycles. The third-order valence-corrected chi connectivity index (χ3v) is 7.56. The topological polar surface area (TPSA) is 213 Å². The monoisotopic (exact) mass is 507 g/mol. The Morgan fingerprint density at radius 1 is 1.16 bits per heavy atom. The Labute approximate surface area is 210 Å². The number of Topliss-reactive ketones (excluding diaryl/α,β-unsaturated/α-hetero) is 2. The second-order valence-electron chi connectivity index (χ2n) is 9.75. The Hall–Kier alpha value is -4.29. The van der Waals surface area contributed by atoms with E-state index in [1.807, 2.05) is 0 Å². The zero-order valence-corrected chi connectivity index (χ0v) is 20.0. The number of aliphatic hydroxyl groups excluding tert-OH is 2. The standard InChI is InChI=1S/C25H25N5O7/c1-30(2)17-12-7-9-6-10-11(24-28-4-3-5-29-24)8-13(26)18(31)15(10)19(32)14(9)21(34)25(12,37)22(35)16(20(17)33)23(27)36/h3-5,8-9,12,17,31-32,35,37H,6-7,26H2,1-2H3,(H2,27,36). The predicted molar refractivity (Wildman–Crippen MR) is 130 cm³/mol. The van der Waals surface area contributed by atoms with Gasteiger partial charge in [-0.05, 0) is 50.6 Å². The number of benzene rings is 1. The number of anilines is 1. The maximum Gasteiger partial charge on any atom is 0.255 e. The SMILES string of the molecule is CN(C)C1C(=O)C(C(N)=O)=C(O)C2(O)C(=O)C3=C(O)c4c(O)c(N)cc(-c5ncccn5)c4CC3CC12. The number of nitrogens with zero attached hydrogens (tertiary/aromatic N) is 3. The Kier molecular flexibility index (Phi) is 5.35. The van der Waals surface area contributed by atoms with Gasteiger partial charge in [-0.25, -0.2) is 9.97 Å². The van der Waals surface area contributed by atoms with E-state index in [0.717, 1.165) is 0 Å². The number of carbonyl (C=O) groups excluding carboxylic acids is 3. The van der Waals surface area contributed by atoms with Gasteiger partial charge in [-0.15, -0.1) is 0 Å². The van der Waals surface area contributed by atoms with Crippen LogP contribution < -0.4 is 11.5 Å². The van der Waals surface area contributed by atoms with Crippen molar-refractivity contribution in [2.45, 2.75) is 24.5 Å². The van der Waals surface area contributed by atoms with Gasteiger partial charge in [0.1, 0.15) is 22.8 Å². The molecule has 8 N–H and O–H groups in total. The number of amides is 1. The average molecular weight is 508 g/mol. The third kappa shape index (κ3) is 3.19. The van der Waals surface area contributed by atoms with Crippen molar-refractivity contribution in [2.75, 3.05) is 19.8 Å². The van der Waals surface area contributed by atoms with E-state index >= 15 is 0 Å². The van der Waals surface area contributed by atoms with Crippen LogP contribution in [0, 0.1) is 11.8 Å². The summed E-state index contributed by atoms with van der Waals surface area (Å²) >= 11 is 0. The zero-order chi connectivity index (χ0) is 27.0. The number of aromatic nitrogens is 2. The number of carbonyl (C=O) groups is 3. The van der Waals surface area contributed by atoms with Gasteiger partial charge in [-0.3, -0.25) is 19.3 Å². The van der Waals surface area contributed by atoms with Crippen molar-refractivity contribution >= 4 is 28.9 Å². The summed E-state index contributed by atoms with van der Waals surface area (Å²) in [7, 11) is 3.08. The number of ketones is 2. The van der Waals surface area contributed by atoms with Crippen LogP contribution in [0.15, 0.2) is 41.4 Å². The zero-order valence-electron chi connectivity index (χ0n) is 20.0. The number of phenols is 1. The normalized spacial score (nSPS) is 27.2. The molecule has 192 valence electrons. The number of hydrogen-bond donors (Lipinski definition) is 6. The number of hydrogen-bond acceptors (Lipinski definition) is 11. The highest BCUT2D eigenvalue weighted by atomic mass is 16.3. The largest absolute Gasteiger partial charge is 0.508 e. The minimum atomic E-state index is -2.70. The molecule has 5 rings (SSSR count). The van der Waals surface area contributed by atoms with Crippen molar-refractivity contribution in [3.8, 4) is 17.1 Å². The van der Waals surface area contributed by atoms with Crippen molar-refractivity contribution in [2.24, 2.45) is 17.6 Å². The highest BCUT2D eigenvalue weighted by molar-refractivity contribution is 6.24. The number of fused-ring (bicyclic) bond motifs is 3. The molecule has 12 heteroatoms. The number of rotatable bonds is 3. The molecule has 1 aromatic carbocycles. The molecule has 0 radical (unpaired) electrons.